The highest BCUT2D eigenvalue weighted by molar-refractivity contribution is 5.93. The largest absolute Gasteiger partial charge is 0.497 e. The number of anilines is 1. The lowest BCUT2D eigenvalue weighted by Crippen LogP contribution is -2.18. The Kier molecular flexibility index (Phi) is 5.41. The molecule has 0 saturated carbocycles. The summed E-state index contributed by atoms with van der Waals surface area (Å²) in [5.74, 6) is 1.04. The summed E-state index contributed by atoms with van der Waals surface area (Å²) < 4.78 is 51.4. The SMILES string of the molecule is COc1ccc(CC(=O)Nc2nc3cc(C(F)(F)F)ccc3n2Cc2ccco2)cc1. The summed E-state index contributed by atoms with van der Waals surface area (Å²) in [5, 5.41) is 2.71. The molecule has 0 unspecified atom stereocenters. The first-order valence-corrected chi connectivity index (χ1v) is 9.36. The maximum absolute atomic E-state index is 13.1. The van der Waals surface area contributed by atoms with Crippen LogP contribution >= 0.6 is 0 Å². The van der Waals surface area contributed by atoms with Crippen LogP contribution in [0.5, 0.6) is 5.75 Å². The van der Waals surface area contributed by atoms with Crippen molar-refractivity contribution in [1.82, 2.24) is 9.55 Å². The molecule has 0 aliphatic rings. The standard InChI is InChI=1S/C22H18F3N3O3/c1-30-16-7-4-14(5-8-16)11-20(29)27-21-26-18-12-15(22(23,24)25)6-9-19(18)28(21)13-17-3-2-10-31-17/h2-10,12H,11,13H2,1H3,(H,26,27,29). The number of nitrogens with one attached hydrogen (secondary N) is 1. The van der Waals surface area contributed by atoms with E-state index in [1.807, 2.05) is 0 Å². The number of imidazole rings is 1. The van der Waals surface area contributed by atoms with Crippen molar-refractivity contribution >= 4 is 22.9 Å². The molecular weight excluding hydrogens is 411 g/mol. The molecule has 2 heterocycles. The van der Waals surface area contributed by atoms with Gasteiger partial charge in [0.25, 0.3) is 0 Å². The van der Waals surface area contributed by atoms with Gasteiger partial charge in [-0.2, -0.15) is 13.2 Å². The number of carbonyl (C=O) groups is 1. The molecule has 31 heavy (non-hydrogen) atoms. The number of furan rings is 1. The van der Waals surface area contributed by atoms with E-state index in [9.17, 15) is 18.0 Å². The average molecular weight is 429 g/mol. The van der Waals surface area contributed by atoms with E-state index in [2.05, 4.69) is 10.3 Å². The van der Waals surface area contributed by atoms with E-state index in [-0.39, 0.29) is 30.3 Å². The molecule has 0 spiro atoms. The Bertz CT molecular complexity index is 1200. The molecule has 0 aliphatic carbocycles. The minimum Gasteiger partial charge on any atom is -0.497 e. The van der Waals surface area contributed by atoms with Crippen LogP contribution in [0.4, 0.5) is 19.1 Å². The van der Waals surface area contributed by atoms with Gasteiger partial charge in [-0.25, -0.2) is 4.98 Å². The second-order valence-electron chi connectivity index (χ2n) is 6.88. The molecular formula is C22H18F3N3O3. The van der Waals surface area contributed by atoms with Crippen molar-refractivity contribution in [3.63, 3.8) is 0 Å². The number of fused-ring (bicyclic) bond motifs is 1. The van der Waals surface area contributed by atoms with Gasteiger partial charge in [0.1, 0.15) is 11.5 Å². The van der Waals surface area contributed by atoms with Crippen LogP contribution in [0.3, 0.4) is 0 Å². The van der Waals surface area contributed by atoms with E-state index in [1.54, 1.807) is 48.1 Å². The van der Waals surface area contributed by atoms with Crippen LogP contribution in [0.1, 0.15) is 16.9 Å². The third-order valence-corrected chi connectivity index (χ3v) is 4.74. The Morgan fingerprint density at radius 2 is 1.94 bits per heavy atom. The van der Waals surface area contributed by atoms with Crippen molar-refractivity contribution in [3.05, 3.63) is 77.7 Å². The van der Waals surface area contributed by atoms with Crippen LogP contribution in [0, 0.1) is 0 Å². The molecule has 0 atom stereocenters. The highest BCUT2D eigenvalue weighted by Gasteiger charge is 2.31. The average Bonchev–Trinajstić information content (AvgIpc) is 3.36. The predicted molar refractivity (Wildman–Crippen MR) is 108 cm³/mol. The zero-order chi connectivity index (χ0) is 22.0. The Morgan fingerprint density at radius 1 is 1.16 bits per heavy atom. The van der Waals surface area contributed by atoms with Crippen LogP contribution < -0.4 is 10.1 Å². The van der Waals surface area contributed by atoms with Gasteiger partial charge < -0.3 is 13.7 Å². The summed E-state index contributed by atoms with van der Waals surface area (Å²) in [6.07, 6.45) is -2.92. The number of carbonyl (C=O) groups excluding carboxylic acids is 1. The van der Waals surface area contributed by atoms with Crippen molar-refractivity contribution in [2.75, 3.05) is 12.4 Å². The topological polar surface area (TPSA) is 69.3 Å². The van der Waals surface area contributed by atoms with Gasteiger partial charge in [0.05, 0.1) is 42.9 Å². The Balaban J connectivity index is 1.64. The summed E-state index contributed by atoms with van der Waals surface area (Å²) in [6.45, 7) is 0.201. The number of methoxy groups -OCH3 is 1. The minimum atomic E-state index is -4.49. The molecule has 9 heteroatoms. The summed E-state index contributed by atoms with van der Waals surface area (Å²) >= 11 is 0. The summed E-state index contributed by atoms with van der Waals surface area (Å²) in [4.78, 5) is 16.8. The zero-order valence-corrected chi connectivity index (χ0v) is 16.4. The van der Waals surface area contributed by atoms with E-state index in [0.29, 0.717) is 17.0 Å². The van der Waals surface area contributed by atoms with Gasteiger partial charge in [0, 0.05) is 0 Å². The highest BCUT2D eigenvalue weighted by atomic mass is 19.4. The number of ether oxygens (including phenoxy) is 1. The van der Waals surface area contributed by atoms with Gasteiger partial charge in [0.15, 0.2) is 0 Å². The molecule has 0 bridgehead atoms. The third-order valence-electron chi connectivity index (χ3n) is 4.74. The number of halogens is 3. The van der Waals surface area contributed by atoms with Crippen molar-refractivity contribution < 1.29 is 27.1 Å². The number of hydrogen-bond donors (Lipinski definition) is 1. The van der Waals surface area contributed by atoms with Crippen LogP contribution in [-0.2, 0) is 23.9 Å². The number of nitrogens with zero attached hydrogens (tertiary/aromatic N) is 2. The van der Waals surface area contributed by atoms with Gasteiger partial charge in [0.2, 0.25) is 11.9 Å². The monoisotopic (exact) mass is 429 g/mol. The van der Waals surface area contributed by atoms with Gasteiger partial charge in [-0.1, -0.05) is 12.1 Å². The molecule has 0 radical (unpaired) electrons. The molecule has 6 nitrogen and oxygen atoms in total. The van der Waals surface area contributed by atoms with E-state index >= 15 is 0 Å². The van der Waals surface area contributed by atoms with Crippen LogP contribution in [-0.4, -0.2) is 22.6 Å². The van der Waals surface area contributed by atoms with Crippen LogP contribution in [0.25, 0.3) is 11.0 Å². The molecule has 0 aliphatic heterocycles. The van der Waals surface area contributed by atoms with Gasteiger partial charge in [-0.05, 0) is 48.0 Å². The maximum Gasteiger partial charge on any atom is 0.416 e. The molecule has 1 amide bonds. The molecule has 0 saturated heterocycles. The first-order valence-electron chi connectivity index (χ1n) is 9.36. The summed E-state index contributed by atoms with van der Waals surface area (Å²) in [7, 11) is 1.55. The fourth-order valence-corrected chi connectivity index (χ4v) is 3.22. The van der Waals surface area contributed by atoms with Crippen molar-refractivity contribution in [2.45, 2.75) is 19.1 Å². The number of amides is 1. The fraction of sp³-hybridized carbons (Fsp3) is 0.182. The van der Waals surface area contributed by atoms with Crippen molar-refractivity contribution in [3.8, 4) is 5.75 Å². The number of benzene rings is 2. The fourth-order valence-electron chi connectivity index (χ4n) is 3.22. The first kappa shape index (κ1) is 20.5. The number of hydrogen-bond acceptors (Lipinski definition) is 4. The minimum absolute atomic E-state index is 0.0712. The van der Waals surface area contributed by atoms with Gasteiger partial charge in [-0.15, -0.1) is 0 Å². The number of aromatic nitrogens is 2. The first-order chi connectivity index (χ1) is 14.8. The van der Waals surface area contributed by atoms with E-state index < -0.39 is 11.7 Å². The van der Waals surface area contributed by atoms with Gasteiger partial charge in [-0.3, -0.25) is 10.1 Å². The Hall–Kier alpha value is -3.75. The predicted octanol–water partition coefficient (Wildman–Crippen LogP) is 4.89. The quantitative estimate of drug-likeness (QED) is 0.474. The van der Waals surface area contributed by atoms with Gasteiger partial charge >= 0.3 is 6.18 Å². The Labute approximate surface area is 175 Å². The maximum atomic E-state index is 13.1. The Morgan fingerprint density at radius 3 is 2.58 bits per heavy atom. The van der Waals surface area contributed by atoms with Crippen LogP contribution in [0.2, 0.25) is 0 Å². The molecule has 4 aromatic rings. The number of rotatable bonds is 6. The smallest absolute Gasteiger partial charge is 0.416 e. The molecule has 2 aromatic carbocycles. The lowest BCUT2D eigenvalue weighted by Gasteiger charge is -2.10. The molecule has 1 N–H and O–H groups in total. The molecule has 2 aromatic heterocycles. The lowest BCUT2D eigenvalue weighted by molar-refractivity contribution is -0.137. The van der Waals surface area contributed by atoms with Crippen molar-refractivity contribution in [2.24, 2.45) is 0 Å². The van der Waals surface area contributed by atoms with Crippen molar-refractivity contribution in [1.29, 1.82) is 0 Å². The summed E-state index contributed by atoms with van der Waals surface area (Å²) in [5.41, 5.74) is 0.524. The lowest BCUT2D eigenvalue weighted by atomic mass is 10.1. The second kappa shape index (κ2) is 8.17. The number of alkyl halides is 3. The zero-order valence-electron chi connectivity index (χ0n) is 16.4. The van der Waals surface area contributed by atoms with E-state index in [0.717, 1.165) is 17.7 Å². The highest BCUT2D eigenvalue weighted by Crippen LogP contribution is 2.32. The third kappa shape index (κ3) is 4.55. The van der Waals surface area contributed by atoms with E-state index in [1.165, 1.54) is 12.3 Å². The molecule has 160 valence electrons. The summed E-state index contributed by atoms with van der Waals surface area (Å²) in [6, 6.07) is 13.8. The molecule has 4 rings (SSSR count). The normalized spacial score (nSPS) is 11.6. The molecule has 0 fully saturated rings. The van der Waals surface area contributed by atoms with E-state index in [4.69, 9.17) is 9.15 Å². The second-order valence-corrected chi connectivity index (χ2v) is 6.88. The van der Waals surface area contributed by atoms with Crippen LogP contribution in [0.15, 0.2) is 65.3 Å².